The number of aromatic nitrogens is 3. The number of esters is 2. The van der Waals surface area contributed by atoms with E-state index < -0.39 is 11.6 Å². The molecule has 0 N–H and O–H groups in total. The zero-order chi connectivity index (χ0) is 25.2. The summed E-state index contributed by atoms with van der Waals surface area (Å²) in [5.41, 5.74) is 0.502. The van der Waals surface area contributed by atoms with E-state index in [0.717, 1.165) is 12.0 Å². The Kier molecular flexibility index (Phi) is 7.12. The van der Waals surface area contributed by atoms with Crippen molar-refractivity contribution < 1.29 is 23.8 Å². The molecular formula is C26H28ClN3O5. The molecule has 2 heterocycles. The molecule has 1 saturated carbocycles. The lowest BCUT2D eigenvalue weighted by atomic mass is 10.1. The standard InChI is InChI=1S/C26H28ClN3O5/c1-16(24(31)33-15-17-8-6-5-7-9-17)19-14-20(19)34-22-12-13-30(29-22)21-11-10-18(23(27)28-21)25(32)35-26(2,3)4/h5-13,16,19-20H,14-15H2,1-4H3/t16?,19-,20+/m1/s1. The molecule has 3 atom stereocenters. The molecular weight excluding hydrogens is 470 g/mol. The molecule has 35 heavy (non-hydrogen) atoms. The van der Waals surface area contributed by atoms with Crippen LogP contribution in [-0.4, -0.2) is 38.4 Å². The van der Waals surface area contributed by atoms with Gasteiger partial charge in [0, 0.05) is 18.2 Å². The van der Waals surface area contributed by atoms with Crippen molar-refractivity contribution in [2.75, 3.05) is 0 Å². The molecule has 1 aliphatic rings. The van der Waals surface area contributed by atoms with Crippen molar-refractivity contribution in [3.05, 3.63) is 71.0 Å². The van der Waals surface area contributed by atoms with Crippen molar-refractivity contribution in [3.63, 3.8) is 0 Å². The van der Waals surface area contributed by atoms with E-state index in [1.807, 2.05) is 37.3 Å². The third-order valence-electron chi connectivity index (χ3n) is 5.54. The van der Waals surface area contributed by atoms with E-state index in [1.54, 1.807) is 45.2 Å². The van der Waals surface area contributed by atoms with Gasteiger partial charge in [0.25, 0.3) is 0 Å². The number of carbonyl (C=O) groups excluding carboxylic acids is 2. The summed E-state index contributed by atoms with van der Waals surface area (Å²) in [6, 6.07) is 14.5. The maximum Gasteiger partial charge on any atom is 0.341 e. The van der Waals surface area contributed by atoms with E-state index in [0.29, 0.717) is 11.7 Å². The zero-order valence-electron chi connectivity index (χ0n) is 20.1. The Morgan fingerprint density at radius 3 is 2.57 bits per heavy atom. The normalized spacial score (nSPS) is 18.0. The van der Waals surface area contributed by atoms with E-state index in [1.165, 1.54) is 4.68 Å². The molecule has 0 aliphatic heterocycles. The van der Waals surface area contributed by atoms with Gasteiger partial charge in [0.2, 0.25) is 5.88 Å². The van der Waals surface area contributed by atoms with Crippen molar-refractivity contribution in [3.8, 4) is 11.7 Å². The second-order valence-corrected chi connectivity index (χ2v) is 9.90. The number of benzene rings is 1. The van der Waals surface area contributed by atoms with Gasteiger partial charge in [0.1, 0.15) is 23.5 Å². The van der Waals surface area contributed by atoms with Crippen LogP contribution in [0.4, 0.5) is 0 Å². The number of hydrogen-bond acceptors (Lipinski definition) is 7. The monoisotopic (exact) mass is 497 g/mol. The van der Waals surface area contributed by atoms with Crippen LogP contribution in [0.3, 0.4) is 0 Å². The van der Waals surface area contributed by atoms with Crippen molar-refractivity contribution in [2.24, 2.45) is 11.8 Å². The van der Waals surface area contributed by atoms with Crippen LogP contribution in [-0.2, 0) is 20.9 Å². The van der Waals surface area contributed by atoms with Crippen LogP contribution >= 0.6 is 11.6 Å². The highest BCUT2D eigenvalue weighted by atomic mass is 35.5. The molecule has 1 aliphatic carbocycles. The Labute approximate surface area is 209 Å². The van der Waals surface area contributed by atoms with Crippen molar-refractivity contribution in [1.29, 1.82) is 0 Å². The zero-order valence-corrected chi connectivity index (χ0v) is 20.9. The molecule has 0 radical (unpaired) electrons. The minimum Gasteiger partial charge on any atom is -0.473 e. The molecule has 1 fully saturated rings. The Morgan fingerprint density at radius 2 is 1.89 bits per heavy atom. The third-order valence-corrected chi connectivity index (χ3v) is 5.83. The molecule has 4 rings (SSSR count). The molecule has 0 spiro atoms. The van der Waals surface area contributed by atoms with Gasteiger partial charge in [-0.05, 0) is 44.9 Å². The molecule has 1 aromatic carbocycles. The lowest BCUT2D eigenvalue weighted by Gasteiger charge is -2.19. The quantitative estimate of drug-likeness (QED) is 0.318. The topological polar surface area (TPSA) is 92.5 Å². The summed E-state index contributed by atoms with van der Waals surface area (Å²) in [6.07, 6.45) is 2.34. The second kappa shape index (κ2) is 10.1. The predicted octanol–water partition coefficient (Wildman–Crippen LogP) is 5.02. The molecule has 3 aromatic rings. The number of hydrogen-bond donors (Lipinski definition) is 0. The van der Waals surface area contributed by atoms with E-state index in [9.17, 15) is 9.59 Å². The number of rotatable bonds is 8. The van der Waals surface area contributed by atoms with Crippen LogP contribution in [0.15, 0.2) is 54.7 Å². The predicted molar refractivity (Wildman–Crippen MR) is 129 cm³/mol. The first-order valence-corrected chi connectivity index (χ1v) is 11.8. The van der Waals surface area contributed by atoms with Crippen LogP contribution in [0, 0.1) is 11.8 Å². The number of nitrogens with zero attached hydrogens (tertiary/aromatic N) is 3. The molecule has 0 bridgehead atoms. The number of pyridine rings is 1. The fraction of sp³-hybridized carbons (Fsp3) is 0.385. The Bertz CT molecular complexity index is 1210. The van der Waals surface area contributed by atoms with Gasteiger partial charge in [-0.15, -0.1) is 5.10 Å². The fourth-order valence-electron chi connectivity index (χ4n) is 3.58. The summed E-state index contributed by atoms with van der Waals surface area (Å²) >= 11 is 6.22. The molecule has 9 heteroatoms. The van der Waals surface area contributed by atoms with Crippen molar-refractivity contribution >= 4 is 23.5 Å². The van der Waals surface area contributed by atoms with Crippen molar-refractivity contribution in [1.82, 2.24) is 14.8 Å². The van der Waals surface area contributed by atoms with Gasteiger partial charge in [0.05, 0.1) is 11.5 Å². The van der Waals surface area contributed by atoms with Gasteiger partial charge in [-0.2, -0.15) is 0 Å². The highest BCUT2D eigenvalue weighted by molar-refractivity contribution is 6.32. The van der Waals surface area contributed by atoms with Gasteiger partial charge < -0.3 is 14.2 Å². The highest BCUT2D eigenvalue weighted by Gasteiger charge is 2.47. The number of carbonyl (C=O) groups is 2. The summed E-state index contributed by atoms with van der Waals surface area (Å²) < 4.78 is 18.3. The summed E-state index contributed by atoms with van der Waals surface area (Å²) in [6.45, 7) is 7.47. The van der Waals surface area contributed by atoms with Gasteiger partial charge >= 0.3 is 11.9 Å². The van der Waals surface area contributed by atoms with E-state index in [2.05, 4.69) is 10.1 Å². The molecule has 1 unspecified atom stereocenters. The van der Waals surface area contributed by atoms with Gasteiger partial charge in [-0.25, -0.2) is 14.5 Å². The summed E-state index contributed by atoms with van der Waals surface area (Å²) in [4.78, 5) is 29.0. The van der Waals surface area contributed by atoms with Gasteiger partial charge in [0.15, 0.2) is 5.82 Å². The first-order chi connectivity index (χ1) is 16.6. The van der Waals surface area contributed by atoms with Crippen molar-refractivity contribution in [2.45, 2.75) is 52.4 Å². The summed E-state index contributed by atoms with van der Waals surface area (Å²) in [7, 11) is 0. The Balaban J connectivity index is 1.31. The second-order valence-electron chi connectivity index (χ2n) is 9.55. The smallest absolute Gasteiger partial charge is 0.341 e. The average Bonchev–Trinajstić information content (AvgIpc) is 3.41. The Morgan fingerprint density at radius 1 is 1.14 bits per heavy atom. The van der Waals surface area contributed by atoms with Gasteiger partial charge in [-0.3, -0.25) is 4.79 Å². The molecule has 0 amide bonds. The number of ether oxygens (including phenoxy) is 3. The summed E-state index contributed by atoms with van der Waals surface area (Å²) in [5, 5.41) is 4.42. The SMILES string of the molecule is CC(C(=O)OCc1ccccc1)[C@H]1C[C@@H]1Oc1ccn(-c2ccc(C(=O)OC(C)(C)C)c(Cl)n2)n1. The van der Waals surface area contributed by atoms with Crippen LogP contribution < -0.4 is 4.74 Å². The Hall–Kier alpha value is -3.39. The average molecular weight is 498 g/mol. The minimum absolute atomic E-state index is 0.0276. The third kappa shape index (κ3) is 6.39. The van der Waals surface area contributed by atoms with Crippen LogP contribution in [0.5, 0.6) is 5.88 Å². The fourth-order valence-corrected chi connectivity index (χ4v) is 3.80. The highest BCUT2D eigenvalue weighted by Crippen LogP contribution is 2.41. The number of halogens is 1. The summed E-state index contributed by atoms with van der Waals surface area (Å²) in [5.74, 6) is -0.128. The van der Waals surface area contributed by atoms with E-state index in [-0.39, 0.29) is 41.2 Å². The largest absolute Gasteiger partial charge is 0.473 e. The van der Waals surface area contributed by atoms with Crippen LogP contribution in [0.1, 0.15) is 50.0 Å². The first-order valence-electron chi connectivity index (χ1n) is 11.4. The molecule has 8 nitrogen and oxygen atoms in total. The van der Waals surface area contributed by atoms with E-state index in [4.69, 9.17) is 25.8 Å². The van der Waals surface area contributed by atoms with E-state index >= 15 is 0 Å². The molecule has 184 valence electrons. The minimum atomic E-state index is -0.635. The molecule has 2 aromatic heterocycles. The lowest BCUT2D eigenvalue weighted by Crippen LogP contribution is -2.24. The van der Waals surface area contributed by atoms with Crippen LogP contribution in [0.2, 0.25) is 5.15 Å². The van der Waals surface area contributed by atoms with Gasteiger partial charge in [-0.1, -0.05) is 48.9 Å². The maximum absolute atomic E-state index is 12.4. The molecule has 0 saturated heterocycles. The lowest BCUT2D eigenvalue weighted by molar-refractivity contribution is -0.150. The first kappa shape index (κ1) is 24.7. The van der Waals surface area contributed by atoms with Crippen LogP contribution in [0.25, 0.3) is 5.82 Å². The maximum atomic E-state index is 12.4.